The minimum Gasteiger partial charge on any atom is -0.508 e. The molecule has 0 aliphatic rings. The van der Waals surface area contributed by atoms with E-state index in [-0.39, 0.29) is 0 Å². The van der Waals surface area contributed by atoms with Gasteiger partial charge in [0, 0.05) is 25.4 Å². The van der Waals surface area contributed by atoms with Gasteiger partial charge in [-0.25, -0.2) is 0 Å². The summed E-state index contributed by atoms with van der Waals surface area (Å²) < 4.78 is 5.21. The van der Waals surface area contributed by atoms with Gasteiger partial charge in [-0.3, -0.25) is 0 Å². The molecule has 0 fully saturated rings. The van der Waals surface area contributed by atoms with Crippen LogP contribution in [-0.2, 0) is 4.74 Å². The molecule has 0 spiro atoms. The smallest absolute Gasteiger partial charge is 0.115 e. The largest absolute Gasteiger partial charge is 0.508 e. The van der Waals surface area contributed by atoms with Crippen LogP contribution in [0.1, 0.15) is 13.3 Å². The fourth-order valence-corrected chi connectivity index (χ4v) is 1.13. The molecule has 0 aliphatic carbocycles. The number of hydrogen-bond donors (Lipinski definition) is 2. The highest BCUT2D eigenvalue weighted by Crippen LogP contribution is 2.13. The number of phenols is 1. The van der Waals surface area contributed by atoms with Crippen molar-refractivity contribution in [3.05, 3.63) is 24.3 Å². The van der Waals surface area contributed by atoms with Crippen molar-refractivity contribution < 1.29 is 9.84 Å². The molecule has 0 saturated heterocycles. The average Bonchev–Trinajstić information content (AvgIpc) is 2.21. The maximum absolute atomic E-state index is 9.05. The van der Waals surface area contributed by atoms with Crippen LogP contribution in [0.3, 0.4) is 0 Å². The van der Waals surface area contributed by atoms with Crippen molar-refractivity contribution in [1.82, 2.24) is 0 Å². The zero-order valence-corrected chi connectivity index (χ0v) is 8.49. The number of rotatable bonds is 6. The SMILES string of the molecule is CCOCCCNc1ccc(O)cc1. The third kappa shape index (κ3) is 4.14. The number of nitrogens with one attached hydrogen (secondary N) is 1. The van der Waals surface area contributed by atoms with E-state index in [9.17, 15) is 0 Å². The third-order valence-electron chi connectivity index (χ3n) is 1.87. The summed E-state index contributed by atoms with van der Waals surface area (Å²) in [6.07, 6.45) is 0.995. The molecule has 0 aromatic heterocycles. The summed E-state index contributed by atoms with van der Waals surface area (Å²) in [7, 11) is 0. The van der Waals surface area contributed by atoms with Crippen LogP contribution in [-0.4, -0.2) is 24.9 Å². The van der Waals surface area contributed by atoms with Gasteiger partial charge >= 0.3 is 0 Å². The molecule has 0 atom stereocenters. The minimum absolute atomic E-state index is 0.296. The van der Waals surface area contributed by atoms with Gasteiger partial charge in [-0.2, -0.15) is 0 Å². The van der Waals surface area contributed by atoms with Gasteiger partial charge in [0.1, 0.15) is 5.75 Å². The summed E-state index contributed by atoms with van der Waals surface area (Å²) in [5.74, 6) is 0.296. The number of ether oxygens (including phenoxy) is 1. The molecule has 78 valence electrons. The van der Waals surface area contributed by atoms with Gasteiger partial charge < -0.3 is 15.2 Å². The van der Waals surface area contributed by atoms with Crippen LogP contribution >= 0.6 is 0 Å². The van der Waals surface area contributed by atoms with Crippen molar-refractivity contribution in [2.24, 2.45) is 0 Å². The summed E-state index contributed by atoms with van der Waals surface area (Å²) in [5, 5.41) is 12.3. The molecule has 0 amide bonds. The zero-order valence-electron chi connectivity index (χ0n) is 8.49. The van der Waals surface area contributed by atoms with Crippen LogP contribution < -0.4 is 5.32 Å². The van der Waals surface area contributed by atoms with Gasteiger partial charge in [-0.1, -0.05) is 0 Å². The number of hydrogen-bond acceptors (Lipinski definition) is 3. The Balaban J connectivity index is 2.15. The van der Waals surface area contributed by atoms with E-state index in [4.69, 9.17) is 9.84 Å². The monoisotopic (exact) mass is 195 g/mol. The lowest BCUT2D eigenvalue weighted by atomic mass is 10.3. The van der Waals surface area contributed by atoms with Crippen molar-refractivity contribution in [2.45, 2.75) is 13.3 Å². The van der Waals surface area contributed by atoms with Crippen LogP contribution in [0.5, 0.6) is 5.75 Å². The van der Waals surface area contributed by atoms with Gasteiger partial charge in [-0.15, -0.1) is 0 Å². The van der Waals surface area contributed by atoms with Crippen molar-refractivity contribution in [1.29, 1.82) is 0 Å². The highest BCUT2D eigenvalue weighted by molar-refractivity contribution is 5.45. The van der Waals surface area contributed by atoms with E-state index < -0.39 is 0 Å². The summed E-state index contributed by atoms with van der Waals surface area (Å²) >= 11 is 0. The minimum atomic E-state index is 0.296. The first-order valence-corrected chi connectivity index (χ1v) is 4.93. The second-order valence-corrected chi connectivity index (χ2v) is 3.02. The predicted octanol–water partition coefficient (Wildman–Crippen LogP) is 2.23. The Hall–Kier alpha value is -1.22. The quantitative estimate of drug-likeness (QED) is 0.540. The second-order valence-electron chi connectivity index (χ2n) is 3.02. The first-order valence-electron chi connectivity index (χ1n) is 4.93. The van der Waals surface area contributed by atoms with Crippen LogP contribution in [0.25, 0.3) is 0 Å². The Morgan fingerprint density at radius 1 is 1.29 bits per heavy atom. The lowest BCUT2D eigenvalue weighted by Gasteiger charge is -2.06. The van der Waals surface area contributed by atoms with E-state index >= 15 is 0 Å². The molecule has 0 radical (unpaired) electrons. The molecule has 1 rings (SSSR count). The van der Waals surface area contributed by atoms with Gasteiger partial charge in [0.05, 0.1) is 0 Å². The van der Waals surface area contributed by atoms with Crippen LogP contribution in [0, 0.1) is 0 Å². The lowest BCUT2D eigenvalue weighted by molar-refractivity contribution is 0.147. The fraction of sp³-hybridized carbons (Fsp3) is 0.455. The summed E-state index contributed by atoms with van der Waals surface area (Å²) in [6.45, 7) is 4.46. The van der Waals surface area contributed by atoms with E-state index in [1.54, 1.807) is 12.1 Å². The molecule has 3 heteroatoms. The molecule has 0 aliphatic heterocycles. The van der Waals surface area contributed by atoms with E-state index in [1.165, 1.54) is 0 Å². The van der Waals surface area contributed by atoms with Crippen molar-refractivity contribution in [2.75, 3.05) is 25.1 Å². The molecule has 3 nitrogen and oxygen atoms in total. The highest BCUT2D eigenvalue weighted by Gasteiger charge is 1.91. The van der Waals surface area contributed by atoms with Gasteiger partial charge in [0.15, 0.2) is 0 Å². The van der Waals surface area contributed by atoms with E-state index in [2.05, 4.69) is 5.32 Å². The molecular weight excluding hydrogens is 178 g/mol. The Bertz CT molecular complexity index is 246. The molecule has 2 N–H and O–H groups in total. The second kappa shape index (κ2) is 6.27. The summed E-state index contributed by atoms with van der Waals surface area (Å²) in [4.78, 5) is 0. The maximum atomic E-state index is 9.05. The van der Waals surface area contributed by atoms with Crippen molar-refractivity contribution in [3.63, 3.8) is 0 Å². The standard InChI is InChI=1S/C11H17NO2/c1-2-14-9-3-8-12-10-4-6-11(13)7-5-10/h4-7,12-13H,2-3,8-9H2,1H3. The normalized spacial score (nSPS) is 10.1. The Kier molecular flexibility index (Phi) is 4.86. The fourth-order valence-electron chi connectivity index (χ4n) is 1.13. The van der Waals surface area contributed by atoms with Gasteiger partial charge in [0.25, 0.3) is 0 Å². The molecule has 0 bridgehead atoms. The van der Waals surface area contributed by atoms with Gasteiger partial charge in [0.2, 0.25) is 0 Å². The number of benzene rings is 1. The Morgan fingerprint density at radius 3 is 2.64 bits per heavy atom. The number of phenolic OH excluding ortho intramolecular Hbond substituents is 1. The first kappa shape index (κ1) is 10.9. The zero-order chi connectivity index (χ0) is 10.2. The average molecular weight is 195 g/mol. The highest BCUT2D eigenvalue weighted by atomic mass is 16.5. The van der Waals surface area contributed by atoms with Crippen LogP contribution in [0.2, 0.25) is 0 Å². The van der Waals surface area contributed by atoms with E-state index in [0.29, 0.717) is 5.75 Å². The molecule has 14 heavy (non-hydrogen) atoms. The summed E-state index contributed by atoms with van der Waals surface area (Å²) in [5.41, 5.74) is 1.03. The van der Waals surface area contributed by atoms with E-state index in [0.717, 1.165) is 31.9 Å². The summed E-state index contributed by atoms with van der Waals surface area (Å²) in [6, 6.07) is 7.06. The molecule has 1 aromatic carbocycles. The maximum Gasteiger partial charge on any atom is 0.115 e. The van der Waals surface area contributed by atoms with Crippen LogP contribution in [0.4, 0.5) is 5.69 Å². The first-order chi connectivity index (χ1) is 6.83. The molecule has 1 aromatic rings. The molecular formula is C11H17NO2. The Labute approximate surface area is 84.7 Å². The topological polar surface area (TPSA) is 41.5 Å². The third-order valence-corrected chi connectivity index (χ3v) is 1.87. The number of anilines is 1. The lowest BCUT2D eigenvalue weighted by Crippen LogP contribution is -2.05. The number of aromatic hydroxyl groups is 1. The predicted molar refractivity (Wildman–Crippen MR) is 57.7 cm³/mol. The van der Waals surface area contributed by atoms with E-state index in [1.807, 2.05) is 19.1 Å². The van der Waals surface area contributed by atoms with Crippen molar-refractivity contribution >= 4 is 5.69 Å². The van der Waals surface area contributed by atoms with Crippen molar-refractivity contribution in [3.8, 4) is 5.75 Å². The van der Waals surface area contributed by atoms with Crippen LogP contribution in [0.15, 0.2) is 24.3 Å². The molecule has 0 unspecified atom stereocenters. The molecule has 0 heterocycles. The Morgan fingerprint density at radius 2 is 2.00 bits per heavy atom. The van der Waals surface area contributed by atoms with Gasteiger partial charge in [-0.05, 0) is 37.6 Å². The molecule has 0 saturated carbocycles.